The highest BCUT2D eigenvalue weighted by Crippen LogP contribution is 2.29. The van der Waals surface area contributed by atoms with Crippen LogP contribution < -0.4 is 5.32 Å². The van der Waals surface area contributed by atoms with Crippen LogP contribution in [0.5, 0.6) is 0 Å². The number of benzene rings is 1. The zero-order valence-corrected chi connectivity index (χ0v) is 11.9. The number of hydrogen-bond donors (Lipinski definition) is 1. The van der Waals surface area contributed by atoms with Crippen LogP contribution in [0.25, 0.3) is 0 Å². The zero-order chi connectivity index (χ0) is 14.0. The van der Waals surface area contributed by atoms with Gasteiger partial charge in [0.15, 0.2) is 0 Å². The van der Waals surface area contributed by atoms with Crippen molar-refractivity contribution in [2.24, 2.45) is 11.8 Å². The third kappa shape index (κ3) is 3.14. The Kier molecular flexibility index (Phi) is 4.23. The highest BCUT2D eigenvalue weighted by Gasteiger charge is 2.28. The van der Waals surface area contributed by atoms with Crippen LogP contribution in [0, 0.1) is 24.6 Å². The Morgan fingerprint density at radius 1 is 1.32 bits per heavy atom. The van der Waals surface area contributed by atoms with E-state index >= 15 is 0 Å². The molecule has 3 unspecified atom stereocenters. The van der Waals surface area contributed by atoms with Crippen LogP contribution in [-0.4, -0.2) is 11.9 Å². The fourth-order valence-corrected chi connectivity index (χ4v) is 2.84. The summed E-state index contributed by atoms with van der Waals surface area (Å²) in [6, 6.07) is 4.90. The molecule has 104 valence electrons. The SMILES string of the molecule is Cc1ccc(C(=O)NC2CCCC(C)C2C)c(F)c1. The van der Waals surface area contributed by atoms with E-state index < -0.39 is 5.82 Å². The molecule has 1 N–H and O–H groups in total. The molecule has 0 aliphatic heterocycles. The van der Waals surface area contributed by atoms with Gasteiger partial charge in [0.1, 0.15) is 5.82 Å². The van der Waals surface area contributed by atoms with Crippen LogP contribution >= 0.6 is 0 Å². The summed E-state index contributed by atoms with van der Waals surface area (Å²) in [5.74, 6) is 0.339. The molecule has 1 aromatic rings. The molecule has 1 amide bonds. The molecule has 19 heavy (non-hydrogen) atoms. The van der Waals surface area contributed by atoms with E-state index in [1.165, 1.54) is 12.5 Å². The standard InChI is InChI=1S/C16H22FNO/c1-10-7-8-13(14(17)9-10)16(19)18-15-6-4-5-11(2)12(15)3/h7-9,11-12,15H,4-6H2,1-3H3,(H,18,19). The summed E-state index contributed by atoms with van der Waals surface area (Å²) in [6.45, 7) is 6.20. The summed E-state index contributed by atoms with van der Waals surface area (Å²) >= 11 is 0. The smallest absolute Gasteiger partial charge is 0.254 e. The van der Waals surface area contributed by atoms with Gasteiger partial charge in [-0.15, -0.1) is 0 Å². The summed E-state index contributed by atoms with van der Waals surface area (Å²) < 4.78 is 13.8. The molecule has 1 aromatic carbocycles. The first-order chi connectivity index (χ1) is 8.99. The Bertz CT molecular complexity index is 472. The lowest BCUT2D eigenvalue weighted by Crippen LogP contribution is -2.43. The Morgan fingerprint density at radius 3 is 2.74 bits per heavy atom. The van der Waals surface area contributed by atoms with E-state index in [1.54, 1.807) is 12.1 Å². The van der Waals surface area contributed by atoms with Gasteiger partial charge >= 0.3 is 0 Å². The molecule has 3 heteroatoms. The molecule has 1 aliphatic carbocycles. The molecule has 1 aliphatic rings. The molecule has 0 heterocycles. The summed E-state index contributed by atoms with van der Waals surface area (Å²) in [5.41, 5.74) is 0.977. The van der Waals surface area contributed by atoms with Gasteiger partial charge in [0.05, 0.1) is 5.56 Å². The molecule has 0 spiro atoms. The van der Waals surface area contributed by atoms with E-state index in [1.807, 2.05) is 6.92 Å². The number of hydrogen-bond acceptors (Lipinski definition) is 1. The largest absolute Gasteiger partial charge is 0.349 e. The normalized spacial score (nSPS) is 27.1. The Labute approximate surface area is 114 Å². The Balaban J connectivity index is 2.08. The van der Waals surface area contributed by atoms with Crippen molar-refractivity contribution in [2.45, 2.75) is 46.1 Å². The van der Waals surface area contributed by atoms with Gasteiger partial charge in [0.25, 0.3) is 5.91 Å². The van der Waals surface area contributed by atoms with Crippen molar-refractivity contribution in [3.63, 3.8) is 0 Å². The number of halogens is 1. The van der Waals surface area contributed by atoms with E-state index in [0.29, 0.717) is 11.8 Å². The fraction of sp³-hybridized carbons (Fsp3) is 0.562. The van der Waals surface area contributed by atoms with Gasteiger partial charge < -0.3 is 5.32 Å². The highest BCUT2D eigenvalue weighted by atomic mass is 19.1. The molecule has 2 nitrogen and oxygen atoms in total. The number of rotatable bonds is 2. The van der Waals surface area contributed by atoms with Crippen LogP contribution in [0.4, 0.5) is 4.39 Å². The summed E-state index contributed by atoms with van der Waals surface area (Å²) in [5, 5.41) is 3.00. The van der Waals surface area contributed by atoms with Crippen LogP contribution in [0.1, 0.15) is 49.0 Å². The molecule has 0 aromatic heterocycles. The van der Waals surface area contributed by atoms with E-state index in [-0.39, 0.29) is 17.5 Å². The molecule has 1 fully saturated rings. The van der Waals surface area contributed by atoms with E-state index in [4.69, 9.17) is 0 Å². The molecule has 0 saturated heterocycles. The molecule has 0 radical (unpaired) electrons. The van der Waals surface area contributed by atoms with Crippen molar-refractivity contribution in [1.82, 2.24) is 5.32 Å². The van der Waals surface area contributed by atoms with Gasteiger partial charge in [-0.3, -0.25) is 4.79 Å². The second-order valence-corrected chi connectivity index (χ2v) is 5.83. The third-order valence-corrected chi connectivity index (χ3v) is 4.39. The lowest BCUT2D eigenvalue weighted by atomic mass is 9.78. The maximum Gasteiger partial charge on any atom is 0.254 e. The predicted molar refractivity (Wildman–Crippen MR) is 74.6 cm³/mol. The number of aryl methyl sites for hydroxylation is 1. The lowest BCUT2D eigenvalue weighted by molar-refractivity contribution is 0.0887. The van der Waals surface area contributed by atoms with Crippen LogP contribution in [0.2, 0.25) is 0 Å². The van der Waals surface area contributed by atoms with Gasteiger partial charge in [0, 0.05) is 6.04 Å². The Morgan fingerprint density at radius 2 is 2.05 bits per heavy atom. The third-order valence-electron chi connectivity index (χ3n) is 4.39. The first kappa shape index (κ1) is 14.0. The average Bonchev–Trinajstić information content (AvgIpc) is 2.34. The van der Waals surface area contributed by atoms with Crippen LogP contribution in [0.3, 0.4) is 0 Å². The molecule has 3 atom stereocenters. The molecule has 1 saturated carbocycles. The van der Waals surface area contributed by atoms with E-state index in [0.717, 1.165) is 18.4 Å². The molecule has 2 rings (SSSR count). The van der Waals surface area contributed by atoms with Crippen molar-refractivity contribution in [3.05, 3.63) is 35.1 Å². The summed E-state index contributed by atoms with van der Waals surface area (Å²) in [6.07, 6.45) is 3.34. The lowest BCUT2D eigenvalue weighted by Gasteiger charge is -2.34. The van der Waals surface area contributed by atoms with Crippen LogP contribution in [0.15, 0.2) is 18.2 Å². The second kappa shape index (κ2) is 5.72. The first-order valence-corrected chi connectivity index (χ1v) is 7.06. The minimum absolute atomic E-state index is 0.149. The topological polar surface area (TPSA) is 29.1 Å². The van der Waals surface area contributed by atoms with Gasteiger partial charge in [0.2, 0.25) is 0 Å². The van der Waals surface area contributed by atoms with Gasteiger partial charge in [-0.2, -0.15) is 0 Å². The second-order valence-electron chi connectivity index (χ2n) is 5.83. The zero-order valence-electron chi connectivity index (χ0n) is 11.9. The van der Waals surface area contributed by atoms with Crippen molar-refractivity contribution in [2.75, 3.05) is 0 Å². The van der Waals surface area contributed by atoms with Crippen molar-refractivity contribution >= 4 is 5.91 Å². The minimum atomic E-state index is -0.436. The predicted octanol–water partition coefficient (Wildman–Crippen LogP) is 3.69. The summed E-state index contributed by atoms with van der Waals surface area (Å²) in [7, 11) is 0. The molecule has 0 bridgehead atoms. The Hall–Kier alpha value is -1.38. The van der Waals surface area contributed by atoms with Crippen molar-refractivity contribution in [3.8, 4) is 0 Å². The number of carbonyl (C=O) groups excluding carboxylic acids is 1. The number of nitrogens with one attached hydrogen (secondary N) is 1. The van der Waals surface area contributed by atoms with Gasteiger partial charge in [-0.05, 0) is 42.9 Å². The fourth-order valence-electron chi connectivity index (χ4n) is 2.84. The quantitative estimate of drug-likeness (QED) is 0.866. The van der Waals surface area contributed by atoms with Gasteiger partial charge in [-0.25, -0.2) is 4.39 Å². The maximum absolute atomic E-state index is 13.8. The monoisotopic (exact) mass is 263 g/mol. The van der Waals surface area contributed by atoms with E-state index in [2.05, 4.69) is 19.2 Å². The van der Waals surface area contributed by atoms with Gasteiger partial charge in [-0.1, -0.05) is 32.8 Å². The van der Waals surface area contributed by atoms with E-state index in [9.17, 15) is 9.18 Å². The van der Waals surface area contributed by atoms with Crippen LogP contribution in [-0.2, 0) is 0 Å². The average molecular weight is 263 g/mol. The minimum Gasteiger partial charge on any atom is -0.349 e. The number of amides is 1. The summed E-state index contributed by atoms with van der Waals surface area (Å²) in [4.78, 5) is 12.1. The molecular weight excluding hydrogens is 241 g/mol. The first-order valence-electron chi connectivity index (χ1n) is 7.06. The van der Waals surface area contributed by atoms with Crippen molar-refractivity contribution in [1.29, 1.82) is 0 Å². The van der Waals surface area contributed by atoms with Crippen molar-refractivity contribution < 1.29 is 9.18 Å². The maximum atomic E-state index is 13.8. The highest BCUT2D eigenvalue weighted by molar-refractivity contribution is 5.94. The molecular formula is C16H22FNO. The number of carbonyl (C=O) groups is 1.